The van der Waals surface area contributed by atoms with Crippen molar-refractivity contribution < 1.29 is 0 Å². The van der Waals surface area contributed by atoms with E-state index >= 15 is 0 Å². The Hall–Kier alpha value is -6.64. The zero-order valence-electron chi connectivity index (χ0n) is 28.0. The van der Waals surface area contributed by atoms with Crippen molar-refractivity contribution in [3.05, 3.63) is 229 Å². The molecule has 240 valence electrons. The van der Waals surface area contributed by atoms with Crippen LogP contribution in [0.3, 0.4) is 0 Å². The largest absolute Gasteiger partial charge is 0.311 e. The van der Waals surface area contributed by atoms with Crippen LogP contribution in [0.5, 0.6) is 0 Å². The van der Waals surface area contributed by atoms with E-state index in [1.807, 2.05) is 0 Å². The fourth-order valence-corrected chi connectivity index (χ4v) is 8.55. The van der Waals surface area contributed by atoms with Crippen LogP contribution < -0.4 is 9.80 Å². The van der Waals surface area contributed by atoms with Gasteiger partial charge in [0.05, 0.1) is 16.8 Å². The number of benzene rings is 8. The van der Waals surface area contributed by atoms with Gasteiger partial charge in [-0.2, -0.15) is 0 Å². The van der Waals surface area contributed by atoms with Gasteiger partial charge in [-0.05, 0) is 106 Å². The predicted molar refractivity (Wildman–Crippen MR) is 212 cm³/mol. The molecule has 2 nitrogen and oxygen atoms in total. The van der Waals surface area contributed by atoms with E-state index in [1.54, 1.807) is 0 Å². The van der Waals surface area contributed by atoms with E-state index in [0.717, 1.165) is 22.7 Å². The van der Waals surface area contributed by atoms with Gasteiger partial charge in [-0.15, -0.1) is 0 Å². The Bertz CT molecular complexity index is 2470. The Balaban J connectivity index is 1.16. The van der Waals surface area contributed by atoms with Crippen molar-refractivity contribution in [2.24, 2.45) is 0 Å². The molecule has 8 aromatic rings. The summed E-state index contributed by atoms with van der Waals surface area (Å²) in [6.45, 7) is 0. The quantitative estimate of drug-likeness (QED) is 0.177. The van der Waals surface area contributed by atoms with Crippen LogP contribution in [0, 0.1) is 0 Å². The highest BCUT2D eigenvalue weighted by atomic mass is 15.2. The molecule has 1 atom stereocenters. The highest BCUT2D eigenvalue weighted by Gasteiger charge is 2.52. The lowest BCUT2D eigenvalue weighted by molar-refractivity contribution is 0.754. The summed E-state index contributed by atoms with van der Waals surface area (Å²) in [5.41, 5.74) is 16.8. The van der Waals surface area contributed by atoms with Gasteiger partial charge in [0, 0.05) is 28.3 Å². The summed E-state index contributed by atoms with van der Waals surface area (Å²) in [7, 11) is 0. The third-order valence-corrected chi connectivity index (χ3v) is 10.6. The normalized spacial score (nSPS) is 15.1. The molecule has 2 aliphatic rings. The minimum atomic E-state index is -0.474. The zero-order chi connectivity index (χ0) is 33.8. The first kappa shape index (κ1) is 29.3. The fraction of sp³-hybridized carbons (Fsp3) is 0.0204. The van der Waals surface area contributed by atoms with Gasteiger partial charge in [0.2, 0.25) is 0 Å². The molecule has 10 rings (SSSR count). The van der Waals surface area contributed by atoms with Crippen molar-refractivity contribution >= 4 is 34.1 Å². The lowest BCUT2D eigenvalue weighted by Crippen LogP contribution is -2.35. The van der Waals surface area contributed by atoms with Crippen LogP contribution in [0.25, 0.3) is 22.3 Å². The van der Waals surface area contributed by atoms with Crippen molar-refractivity contribution in [1.29, 1.82) is 0 Å². The summed E-state index contributed by atoms with van der Waals surface area (Å²) in [6.07, 6.45) is 0. The average Bonchev–Trinajstić information content (AvgIpc) is 3.51. The summed E-state index contributed by atoms with van der Waals surface area (Å²) in [5, 5.41) is 0. The summed E-state index contributed by atoms with van der Waals surface area (Å²) >= 11 is 0. The third kappa shape index (κ3) is 4.43. The van der Waals surface area contributed by atoms with E-state index in [1.165, 1.54) is 55.9 Å². The smallest absolute Gasteiger partial charge is 0.0754 e. The van der Waals surface area contributed by atoms with Gasteiger partial charge < -0.3 is 9.80 Å². The molecule has 1 aliphatic carbocycles. The Labute approximate surface area is 299 Å². The number of hydrogen-bond donors (Lipinski definition) is 0. The second-order valence-electron chi connectivity index (χ2n) is 13.3. The molecule has 2 heteroatoms. The zero-order valence-corrected chi connectivity index (χ0v) is 28.0. The molecule has 0 saturated carbocycles. The van der Waals surface area contributed by atoms with Crippen LogP contribution in [0.2, 0.25) is 0 Å². The van der Waals surface area contributed by atoms with E-state index < -0.39 is 5.41 Å². The van der Waals surface area contributed by atoms with E-state index in [-0.39, 0.29) is 0 Å². The van der Waals surface area contributed by atoms with Crippen LogP contribution >= 0.6 is 0 Å². The maximum absolute atomic E-state index is 2.46. The Morgan fingerprint density at radius 3 is 1.61 bits per heavy atom. The van der Waals surface area contributed by atoms with Crippen molar-refractivity contribution in [3.8, 4) is 22.3 Å². The summed E-state index contributed by atoms with van der Waals surface area (Å²) in [5.74, 6) is 0. The van der Waals surface area contributed by atoms with E-state index in [0.29, 0.717) is 0 Å². The first-order valence-corrected chi connectivity index (χ1v) is 17.6. The topological polar surface area (TPSA) is 6.48 Å². The van der Waals surface area contributed by atoms with Gasteiger partial charge in [-0.25, -0.2) is 0 Å². The number of rotatable bonds is 6. The summed E-state index contributed by atoms with van der Waals surface area (Å²) in [4.78, 5) is 4.76. The highest BCUT2D eigenvalue weighted by molar-refractivity contribution is 5.99. The summed E-state index contributed by atoms with van der Waals surface area (Å²) in [6, 6.07) is 75.1. The van der Waals surface area contributed by atoms with Crippen molar-refractivity contribution in [2.45, 2.75) is 5.41 Å². The lowest BCUT2D eigenvalue weighted by atomic mass is 9.64. The molecular formula is C49H34N2. The molecule has 0 N–H and O–H groups in total. The van der Waals surface area contributed by atoms with Crippen molar-refractivity contribution in [2.75, 3.05) is 9.80 Å². The highest BCUT2D eigenvalue weighted by Crippen LogP contribution is 2.65. The van der Waals surface area contributed by atoms with E-state index in [2.05, 4.69) is 216 Å². The van der Waals surface area contributed by atoms with E-state index in [4.69, 9.17) is 0 Å². The first-order valence-electron chi connectivity index (χ1n) is 17.6. The van der Waals surface area contributed by atoms with Crippen LogP contribution in [-0.4, -0.2) is 0 Å². The summed E-state index contributed by atoms with van der Waals surface area (Å²) < 4.78 is 0. The predicted octanol–water partition coefficient (Wildman–Crippen LogP) is 13.0. The second kappa shape index (κ2) is 11.8. The maximum atomic E-state index is 2.46. The molecule has 1 unspecified atom stereocenters. The molecular weight excluding hydrogens is 617 g/mol. The van der Waals surface area contributed by atoms with Gasteiger partial charge in [-0.1, -0.05) is 140 Å². The molecule has 0 spiro atoms. The van der Waals surface area contributed by atoms with Gasteiger partial charge in [-0.3, -0.25) is 0 Å². The molecule has 1 heterocycles. The van der Waals surface area contributed by atoms with Gasteiger partial charge in [0.1, 0.15) is 0 Å². The van der Waals surface area contributed by atoms with Gasteiger partial charge in [0.15, 0.2) is 0 Å². The van der Waals surface area contributed by atoms with Gasteiger partial charge in [0.25, 0.3) is 0 Å². The monoisotopic (exact) mass is 650 g/mol. The maximum Gasteiger partial charge on any atom is 0.0754 e. The number of anilines is 6. The van der Waals surface area contributed by atoms with E-state index in [9.17, 15) is 0 Å². The molecule has 0 amide bonds. The molecule has 0 bridgehead atoms. The minimum absolute atomic E-state index is 0.474. The molecule has 1 aliphatic heterocycles. The van der Waals surface area contributed by atoms with Crippen molar-refractivity contribution in [1.82, 2.24) is 0 Å². The third-order valence-electron chi connectivity index (χ3n) is 10.6. The van der Waals surface area contributed by atoms with Gasteiger partial charge >= 0.3 is 0 Å². The van der Waals surface area contributed by atoms with Crippen LogP contribution in [0.1, 0.15) is 22.3 Å². The second-order valence-corrected chi connectivity index (χ2v) is 13.3. The van der Waals surface area contributed by atoms with Crippen LogP contribution in [-0.2, 0) is 5.41 Å². The fourth-order valence-electron chi connectivity index (χ4n) is 8.55. The molecule has 51 heavy (non-hydrogen) atoms. The molecule has 0 radical (unpaired) electrons. The number of hydrogen-bond acceptors (Lipinski definition) is 2. The molecule has 8 aromatic carbocycles. The lowest BCUT2D eigenvalue weighted by Gasteiger charge is -2.44. The van der Waals surface area contributed by atoms with Crippen LogP contribution in [0.15, 0.2) is 206 Å². The number of para-hydroxylation sites is 4. The molecule has 0 aromatic heterocycles. The Morgan fingerprint density at radius 1 is 0.373 bits per heavy atom. The number of nitrogens with zero attached hydrogens (tertiary/aromatic N) is 2. The molecule has 0 fully saturated rings. The van der Waals surface area contributed by atoms with Crippen LogP contribution in [0.4, 0.5) is 34.1 Å². The SMILES string of the molecule is c1ccc(N(c2ccccc2)c2ccc(-c3ccc4c(c3)C3(c5ccccc5)c5ccccc5N(c5ccccc5)c5cccc-4c53)cc2)cc1. The minimum Gasteiger partial charge on any atom is -0.311 e. The Kier molecular flexibility index (Phi) is 6.75. The Morgan fingerprint density at radius 2 is 0.922 bits per heavy atom. The standard InChI is InChI=1S/C49H34N2/c1-5-16-37(17-6-1)49-44-25-13-14-26-46(44)51(40-22-11-4-12-23-40)47-27-15-24-43(48(47)49)42-33-30-36(34-45(42)49)35-28-31-41(32-29-35)50(38-18-7-2-8-19-38)39-20-9-3-10-21-39/h1-34H. The molecule has 0 saturated heterocycles. The average molecular weight is 651 g/mol. The first-order chi connectivity index (χ1) is 25.3. The number of fused-ring (bicyclic) bond motifs is 5. The van der Waals surface area contributed by atoms with Crippen molar-refractivity contribution in [3.63, 3.8) is 0 Å².